The van der Waals surface area contributed by atoms with Gasteiger partial charge in [0.25, 0.3) is 5.56 Å². The van der Waals surface area contributed by atoms with Crippen LogP contribution in [0.2, 0.25) is 0 Å². The third kappa shape index (κ3) is 7.01. The van der Waals surface area contributed by atoms with Gasteiger partial charge in [-0.1, -0.05) is 51.8 Å². The molecule has 31 heavy (non-hydrogen) atoms. The number of fused-ring (bicyclic) bond motifs is 1. The van der Waals surface area contributed by atoms with Crippen molar-refractivity contribution in [3.8, 4) is 5.75 Å². The number of rotatable bonds is 7. The summed E-state index contributed by atoms with van der Waals surface area (Å²) in [7, 11) is 0. The van der Waals surface area contributed by atoms with Gasteiger partial charge in [0.2, 0.25) is 0 Å². The molecular weight excluding hydrogens is 392 g/mol. The van der Waals surface area contributed by atoms with E-state index in [1.54, 1.807) is 4.57 Å². The quantitative estimate of drug-likeness (QED) is 0.584. The Morgan fingerprint density at radius 2 is 1.77 bits per heavy atom. The maximum atomic E-state index is 13.5. The number of pyridine rings is 1. The standard InChI is InChI=1S/C25H38N2O4/c1-9-10-13-30-21-18-12-11-17(2)14-19(18)22(28)27(16-24(3,4)5)20(21)15-26-23(29)31-25(6,7)8/h11-12,14H,9-10,13,15-16H2,1-8H3,(H,26,29). The number of aromatic nitrogens is 1. The van der Waals surface area contributed by atoms with Crippen LogP contribution in [-0.4, -0.2) is 22.9 Å². The fourth-order valence-electron chi connectivity index (χ4n) is 3.35. The lowest BCUT2D eigenvalue weighted by Crippen LogP contribution is -2.36. The number of benzene rings is 1. The summed E-state index contributed by atoms with van der Waals surface area (Å²) >= 11 is 0. The van der Waals surface area contributed by atoms with E-state index in [9.17, 15) is 9.59 Å². The molecule has 0 bridgehead atoms. The molecule has 1 N–H and O–H groups in total. The molecule has 6 heteroatoms. The Kier molecular flexibility index (Phi) is 7.79. The van der Waals surface area contributed by atoms with Crippen molar-refractivity contribution >= 4 is 16.9 Å². The zero-order valence-electron chi connectivity index (χ0n) is 20.3. The zero-order valence-corrected chi connectivity index (χ0v) is 20.3. The van der Waals surface area contributed by atoms with Crippen LogP contribution in [-0.2, 0) is 17.8 Å². The SMILES string of the molecule is CCCCOc1c(CNC(=O)OC(C)(C)C)n(CC(C)(C)C)c(=O)c2cc(C)ccc12. The van der Waals surface area contributed by atoms with Crippen LogP contribution in [0.15, 0.2) is 23.0 Å². The molecule has 0 aliphatic rings. The largest absolute Gasteiger partial charge is 0.491 e. The van der Waals surface area contributed by atoms with E-state index < -0.39 is 11.7 Å². The van der Waals surface area contributed by atoms with E-state index in [0.717, 1.165) is 23.8 Å². The number of hydrogen-bond donors (Lipinski definition) is 1. The van der Waals surface area contributed by atoms with Crippen molar-refractivity contribution in [2.75, 3.05) is 6.61 Å². The van der Waals surface area contributed by atoms with Crippen molar-refractivity contribution in [2.45, 2.75) is 86.9 Å². The minimum Gasteiger partial charge on any atom is -0.491 e. The Bertz CT molecular complexity index is 978. The molecule has 2 aromatic rings. The molecule has 1 amide bonds. The van der Waals surface area contributed by atoms with Gasteiger partial charge in [0.05, 0.1) is 24.2 Å². The Morgan fingerprint density at radius 1 is 1.10 bits per heavy atom. The first-order valence-corrected chi connectivity index (χ1v) is 11.1. The third-order valence-corrected chi connectivity index (χ3v) is 4.66. The number of alkyl carbamates (subject to hydrolysis) is 1. The van der Waals surface area contributed by atoms with Crippen LogP contribution in [0.5, 0.6) is 5.75 Å². The lowest BCUT2D eigenvalue weighted by atomic mass is 9.96. The van der Waals surface area contributed by atoms with Gasteiger partial charge in [-0.3, -0.25) is 4.79 Å². The van der Waals surface area contributed by atoms with Gasteiger partial charge in [0, 0.05) is 11.9 Å². The van der Waals surface area contributed by atoms with Crippen molar-refractivity contribution < 1.29 is 14.3 Å². The van der Waals surface area contributed by atoms with Crippen molar-refractivity contribution in [1.82, 2.24) is 9.88 Å². The molecule has 6 nitrogen and oxygen atoms in total. The van der Waals surface area contributed by atoms with Crippen LogP contribution in [0.4, 0.5) is 4.79 Å². The van der Waals surface area contributed by atoms with Gasteiger partial charge in [-0.2, -0.15) is 0 Å². The Hall–Kier alpha value is -2.50. The topological polar surface area (TPSA) is 69.6 Å². The maximum Gasteiger partial charge on any atom is 0.407 e. The summed E-state index contributed by atoms with van der Waals surface area (Å²) in [5.74, 6) is 0.656. The van der Waals surface area contributed by atoms with E-state index in [0.29, 0.717) is 30.0 Å². The smallest absolute Gasteiger partial charge is 0.407 e. The summed E-state index contributed by atoms with van der Waals surface area (Å²) in [5.41, 5.74) is 0.876. The first kappa shape index (κ1) is 24.8. The summed E-state index contributed by atoms with van der Waals surface area (Å²) in [5, 5.41) is 4.23. The number of hydrogen-bond acceptors (Lipinski definition) is 4. The molecule has 0 saturated carbocycles. The second-order valence-electron chi connectivity index (χ2n) is 10.3. The average Bonchev–Trinajstić information content (AvgIpc) is 2.62. The van der Waals surface area contributed by atoms with E-state index in [-0.39, 0.29) is 17.5 Å². The summed E-state index contributed by atoms with van der Waals surface area (Å²) < 4.78 is 13.4. The van der Waals surface area contributed by atoms with Crippen LogP contribution in [0, 0.1) is 12.3 Å². The number of aryl methyl sites for hydroxylation is 1. The van der Waals surface area contributed by atoms with Crippen LogP contribution in [0.3, 0.4) is 0 Å². The molecule has 0 spiro atoms. The first-order valence-electron chi connectivity index (χ1n) is 11.1. The van der Waals surface area contributed by atoms with Gasteiger partial charge in [0.15, 0.2) is 0 Å². The molecule has 0 radical (unpaired) electrons. The molecular formula is C25H38N2O4. The number of carbonyl (C=O) groups is 1. The van der Waals surface area contributed by atoms with E-state index in [1.165, 1.54) is 0 Å². The third-order valence-electron chi connectivity index (χ3n) is 4.66. The molecule has 0 saturated heterocycles. The number of nitrogens with one attached hydrogen (secondary N) is 1. The molecule has 0 unspecified atom stereocenters. The number of carbonyl (C=O) groups excluding carboxylic acids is 1. The van der Waals surface area contributed by atoms with E-state index >= 15 is 0 Å². The van der Waals surface area contributed by atoms with E-state index in [1.807, 2.05) is 45.9 Å². The Morgan fingerprint density at radius 3 is 2.35 bits per heavy atom. The Balaban J connectivity index is 2.63. The van der Waals surface area contributed by atoms with Crippen LogP contribution in [0.1, 0.15) is 72.6 Å². The number of nitrogens with zero attached hydrogens (tertiary/aromatic N) is 1. The number of ether oxygens (including phenoxy) is 2. The van der Waals surface area contributed by atoms with Gasteiger partial charge in [-0.15, -0.1) is 0 Å². The summed E-state index contributed by atoms with van der Waals surface area (Å²) in [4.78, 5) is 25.8. The highest BCUT2D eigenvalue weighted by molar-refractivity contribution is 5.89. The molecule has 2 rings (SSSR count). The second-order valence-corrected chi connectivity index (χ2v) is 10.3. The second kappa shape index (κ2) is 9.75. The van der Waals surface area contributed by atoms with Crippen molar-refractivity contribution in [2.24, 2.45) is 5.41 Å². The average molecular weight is 431 g/mol. The van der Waals surface area contributed by atoms with E-state index in [2.05, 4.69) is 33.0 Å². The van der Waals surface area contributed by atoms with Gasteiger partial charge < -0.3 is 19.4 Å². The Labute approximate surface area is 185 Å². The molecule has 0 aliphatic carbocycles. The van der Waals surface area contributed by atoms with Gasteiger partial charge in [-0.05, 0) is 45.6 Å². The van der Waals surface area contributed by atoms with Crippen molar-refractivity contribution in [3.05, 3.63) is 39.8 Å². The number of unbranched alkanes of at least 4 members (excludes halogenated alkanes) is 1. The minimum atomic E-state index is -0.601. The molecule has 1 heterocycles. The van der Waals surface area contributed by atoms with Crippen molar-refractivity contribution in [1.29, 1.82) is 0 Å². The predicted molar refractivity (Wildman–Crippen MR) is 126 cm³/mol. The van der Waals surface area contributed by atoms with Crippen LogP contribution < -0.4 is 15.6 Å². The zero-order chi connectivity index (χ0) is 23.4. The monoisotopic (exact) mass is 430 g/mol. The lowest BCUT2D eigenvalue weighted by molar-refractivity contribution is 0.0521. The van der Waals surface area contributed by atoms with Crippen LogP contribution >= 0.6 is 0 Å². The minimum absolute atomic E-state index is 0.0718. The normalized spacial score (nSPS) is 12.1. The van der Waals surface area contributed by atoms with Gasteiger partial charge in [-0.25, -0.2) is 4.79 Å². The van der Waals surface area contributed by atoms with E-state index in [4.69, 9.17) is 9.47 Å². The highest BCUT2D eigenvalue weighted by atomic mass is 16.6. The highest BCUT2D eigenvalue weighted by Crippen LogP contribution is 2.30. The summed E-state index contributed by atoms with van der Waals surface area (Å²) in [6.07, 6.45) is 1.39. The molecule has 0 aliphatic heterocycles. The number of amides is 1. The van der Waals surface area contributed by atoms with Crippen molar-refractivity contribution in [3.63, 3.8) is 0 Å². The fraction of sp³-hybridized carbons (Fsp3) is 0.600. The molecule has 172 valence electrons. The molecule has 1 aromatic carbocycles. The lowest BCUT2D eigenvalue weighted by Gasteiger charge is -2.26. The molecule has 1 aromatic heterocycles. The summed E-state index contributed by atoms with van der Waals surface area (Å²) in [6.45, 7) is 17.0. The molecule has 0 fully saturated rings. The van der Waals surface area contributed by atoms with Crippen LogP contribution in [0.25, 0.3) is 10.8 Å². The predicted octanol–water partition coefficient (Wildman–Crippen LogP) is 5.56. The highest BCUT2D eigenvalue weighted by Gasteiger charge is 2.23. The maximum absolute atomic E-state index is 13.5. The summed E-state index contributed by atoms with van der Waals surface area (Å²) in [6, 6.07) is 5.83. The fourth-order valence-corrected chi connectivity index (χ4v) is 3.35. The van der Waals surface area contributed by atoms with Gasteiger partial charge >= 0.3 is 6.09 Å². The first-order chi connectivity index (χ1) is 14.3. The van der Waals surface area contributed by atoms with Gasteiger partial charge in [0.1, 0.15) is 11.4 Å². The molecule has 0 atom stereocenters.